The highest BCUT2D eigenvalue weighted by Crippen LogP contribution is 2.25. The Balaban J connectivity index is 4.98. The Kier molecular flexibility index (Phi) is 17.0. The van der Waals surface area contributed by atoms with E-state index >= 15 is 0 Å². The summed E-state index contributed by atoms with van der Waals surface area (Å²) in [5, 5.41) is 0. The molecule has 0 amide bonds. The van der Waals surface area contributed by atoms with E-state index < -0.39 is 23.9 Å². The van der Waals surface area contributed by atoms with Crippen LogP contribution < -0.4 is 0 Å². The highest BCUT2D eigenvalue weighted by molar-refractivity contribution is 5.73. The molecule has 0 aromatic carbocycles. The van der Waals surface area contributed by atoms with Gasteiger partial charge in [-0.15, -0.1) is 0 Å². The number of unbranched alkanes of at least 4 members (excludes halogenated alkanes) is 3. The van der Waals surface area contributed by atoms with Crippen LogP contribution in [0, 0.1) is 17.8 Å². The molecule has 6 nitrogen and oxygen atoms in total. The molecule has 0 radical (unpaired) electrons. The standard InChI is InChI=1S/C27H50O6/c1-8-27(31-24(28)18-12-9-15-21(2)3,32-25(29)19-13-10-16-22(4)5)33-26(30)20-14-11-17-23(6)7/h21-23H,8-20H2,1-7H3. The van der Waals surface area contributed by atoms with Gasteiger partial charge in [-0.1, -0.05) is 87.0 Å². The predicted molar refractivity (Wildman–Crippen MR) is 131 cm³/mol. The normalized spacial score (nSPS) is 11.8. The van der Waals surface area contributed by atoms with Gasteiger partial charge in [0.1, 0.15) is 0 Å². The number of hydrogen-bond acceptors (Lipinski definition) is 6. The van der Waals surface area contributed by atoms with Gasteiger partial charge in [-0.2, -0.15) is 0 Å². The van der Waals surface area contributed by atoms with E-state index in [9.17, 15) is 14.4 Å². The Labute approximate surface area is 202 Å². The van der Waals surface area contributed by atoms with Crippen molar-refractivity contribution in [2.45, 2.75) is 138 Å². The molecular weight excluding hydrogens is 420 g/mol. The van der Waals surface area contributed by atoms with Gasteiger partial charge in [-0.3, -0.25) is 14.4 Å². The molecule has 0 aliphatic carbocycles. The van der Waals surface area contributed by atoms with E-state index in [-0.39, 0.29) is 25.7 Å². The van der Waals surface area contributed by atoms with Crippen LogP contribution in [0.5, 0.6) is 0 Å². The second-order valence-electron chi connectivity index (χ2n) is 10.4. The van der Waals surface area contributed by atoms with Gasteiger partial charge in [0.2, 0.25) is 0 Å². The summed E-state index contributed by atoms with van der Waals surface area (Å²) in [6, 6.07) is 0. The first-order valence-electron chi connectivity index (χ1n) is 13.1. The summed E-state index contributed by atoms with van der Waals surface area (Å²) in [7, 11) is 0. The monoisotopic (exact) mass is 470 g/mol. The lowest BCUT2D eigenvalue weighted by Gasteiger charge is -2.30. The van der Waals surface area contributed by atoms with Crippen molar-refractivity contribution in [2.75, 3.05) is 0 Å². The van der Waals surface area contributed by atoms with Crippen LogP contribution in [0.25, 0.3) is 0 Å². The molecule has 0 bridgehead atoms. The zero-order valence-electron chi connectivity index (χ0n) is 22.4. The fourth-order valence-corrected chi connectivity index (χ4v) is 3.42. The zero-order valence-corrected chi connectivity index (χ0v) is 22.4. The molecule has 0 atom stereocenters. The maximum atomic E-state index is 12.5. The average molecular weight is 471 g/mol. The largest absolute Gasteiger partial charge is 0.423 e. The van der Waals surface area contributed by atoms with Crippen LogP contribution in [-0.4, -0.2) is 23.9 Å². The molecule has 33 heavy (non-hydrogen) atoms. The smallest absolute Gasteiger partial charge is 0.388 e. The quantitative estimate of drug-likeness (QED) is 0.112. The first-order chi connectivity index (χ1) is 15.5. The molecule has 0 aromatic rings. The molecule has 0 heterocycles. The molecule has 0 aromatic heterocycles. The van der Waals surface area contributed by atoms with E-state index in [1.165, 1.54) is 0 Å². The van der Waals surface area contributed by atoms with Crippen molar-refractivity contribution in [1.82, 2.24) is 0 Å². The summed E-state index contributed by atoms with van der Waals surface area (Å²) in [6.45, 7) is 14.5. The number of carbonyl (C=O) groups is 3. The highest BCUT2D eigenvalue weighted by atomic mass is 16.9. The van der Waals surface area contributed by atoms with Gasteiger partial charge in [0.15, 0.2) is 0 Å². The van der Waals surface area contributed by atoms with Gasteiger partial charge in [-0.05, 0) is 37.0 Å². The van der Waals surface area contributed by atoms with Crippen molar-refractivity contribution < 1.29 is 28.6 Å². The SMILES string of the molecule is CCC(OC(=O)CCCCC(C)C)(OC(=O)CCCCC(C)C)OC(=O)CCCCC(C)C. The number of carbonyl (C=O) groups excluding carboxylic acids is 3. The maximum Gasteiger partial charge on any atom is 0.423 e. The summed E-state index contributed by atoms with van der Waals surface area (Å²) in [6.07, 6.45) is 8.54. The van der Waals surface area contributed by atoms with Crippen LogP contribution in [0.3, 0.4) is 0 Å². The fourth-order valence-electron chi connectivity index (χ4n) is 3.42. The summed E-state index contributed by atoms with van der Waals surface area (Å²) in [5.74, 6) is -1.79. The van der Waals surface area contributed by atoms with Crippen molar-refractivity contribution in [1.29, 1.82) is 0 Å². The van der Waals surface area contributed by atoms with Crippen LogP contribution >= 0.6 is 0 Å². The van der Waals surface area contributed by atoms with E-state index in [1.54, 1.807) is 6.92 Å². The molecule has 6 heteroatoms. The maximum absolute atomic E-state index is 12.5. The van der Waals surface area contributed by atoms with Gasteiger partial charge in [0, 0.05) is 19.3 Å². The average Bonchev–Trinajstić information content (AvgIpc) is 2.71. The van der Waals surface area contributed by atoms with Gasteiger partial charge in [0.25, 0.3) is 0 Å². The first-order valence-corrected chi connectivity index (χ1v) is 13.1. The lowest BCUT2D eigenvalue weighted by atomic mass is 10.1. The third-order valence-corrected chi connectivity index (χ3v) is 5.48. The van der Waals surface area contributed by atoms with Crippen molar-refractivity contribution >= 4 is 17.9 Å². The van der Waals surface area contributed by atoms with Crippen molar-refractivity contribution in [2.24, 2.45) is 17.8 Å². The molecule has 0 saturated heterocycles. The van der Waals surface area contributed by atoms with E-state index in [1.807, 2.05) is 0 Å². The van der Waals surface area contributed by atoms with Crippen LogP contribution in [-0.2, 0) is 28.6 Å². The molecule has 0 aliphatic rings. The van der Waals surface area contributed by atoms with Gasteiger partial charge >= 0.3 is 23.9 Å². The minimum Gasteiger partial charge on any atom is -0.388 e. The summed E-state index contributed by atoms with van der Waals surface area (Å²) >= 11 is 0. The summed E-state index contributed by atoms with van der Waals surface area (Å²) < 4.78 is 16.5. The van der Waals surface area contributed by atoms with Crippen LogP contribution in [0.15, 0.2) is 0 Å². The molecule has 0 rings (SSSR count). The Morgan fingerprint density at radius 3 is 1.03 bits per heavy atom. The van der Waals surface area contributed by atoms with E-state index in [2.05, 4.69) is 41.5 Å². The topological polar surface area (TPSA) is 78.9 Å². The molecule has 0 fully saturated rings. The van der Waals surface area contributed by atoms with Crippen LogP contribution in [0.1, 0.15) is 132 Å². The second kappa shape index (κ2) is 17.8. The molecule has 0 spiro atoms. The molecule has 194 valence electrons. The van der Waals surface area contributed by atoms with Crippen molar-refractivity contribution in [3.8, 4) is 0 Å². The third-order valence-electron chi connectivity index (χ3n) is 5.48. The van der Waals surface area contributed by atoms with E-state index in [0.29, 0.717) is 37.0 Å². The van der Waals surface area contributed by atoms with Gasteiger partial charge < -0.3 is 14.2 Å². The Hall–Kier alpha value is -1.59. The van der Waals surface area contributed by atoms with Crippen LogP contribution in [0.2, 0.25) is 0 Å². The first kappa shape index (κ1) is 31.4. The second-order valence-corrected chi connectivity index (χ2v) is 10.4. The minimum atomic E-state index is -1.97. The Bertz CT molecular complexity index is 479. The van der Waals surface area contributed by atoms with Crippen LogP contribution in [0.4, 0.5) is 0 Å². The molecule has 0 saturated carbocycles. The minimum absolute atomic E-state index is 0.0558. The highest BCUT2D eigenvalue weighted by Gasteiger charge is 2.41. The molecule has 0 aliphatic heterocycles. The fraction of sp³-hybridized carbons (Fsp3) is 0.889. The third kappa shape index (κ3) is 17.5. The lowest BCUT2D eigenvalue weighted by Crippen LogP contribution is -2.44. The van der Waals surface area contributed by atoms with Gasteiger partial charge in [-0.25, -0.2) is 0 Å². The van der Waals surface area contributed by atoms with Crippen molar-refractivity contribution in [3.63, 3.8) is 0 Å². The summed E-state index contributed by atoms with van der Waals surface area (Å²) in [4.78, 5) is 37.5. The number of hydrogen-bond donors (Lipinski definition) is 0. The Morgan fingerprint density at radius 1 is 0.545 bits per heavy atom. The number of ether oxygens (including phenoxy) is 3. The lowest BCUT2D eigenvalue weighted by molar-refractivity contribution is -0.331. The van der Waals surface area contributed by atoms with E-state index in [4.69, 9.17) is 14.2 Å². The number of esters is 3. The summed E-state index contributed by atoms with van der Waals surface area (Å²) in [5.41, 5.74) is 0. The molecule has 0 unspecified atom stereocenters. The van der Waals surface area contributed by atoms with Gasteiger partial charge in [0.05, 0.1) is 6.42 Å². The molecular formula is C27H50O6. The van der Waals surface area contributed by atoms with Crippen molar-refractivity contribution in [3.05, 3.63) is 0 Å². The Morgan fingerprint density at radius 2 is 0.818 bits per heavy atom. The number of rotatable bonds is 19. The zero-order chi connectivity index (χ0) is 25.3. The van der Waals surface area contributed by atoms with E-state index in [0.717, 1.165) is 38.5 Å². The molecule has 0 N–H and O–H groups in total. The predicted octanol–water partition coefficient (Wildman–Crippen LogP) is 7.33.